The molecule has 14 heavy (non-hydrogen) atoms. The third-order valence-corrected chi connectivity index (χ3v) is 2.95. The van der Waals surface area contributed by atoms with Crippen molar-refractivity contribution in [1.82, 2.24) is 4.98 Å². The number of aromatic amines is 1. The number of aromatic nitrogens is 1. The predicted octanol–water partition coefficient (Wildman–Crippen LogP) is 3.25. The zero-order valence-corrected chi connectivity index (χ0v) is 9.74. The van der Waals surface area contributed by atoms with Crippen molar-refractivity contribution < 1.29 is 0 Å². The summed E-state index contributed by atoms with van der Waals surface area (Å²) in [4.78, 5) is 14.6. The van der Waals surface area contributed by atoms with Gasteiger partial charge in [-0.2, -0.15) is 0 Å². The lowest BCUT2D eigenvalue weighted by Gasteiger charge is -2.02. The number of aryl methyl sites for hydroxylation is 1. The summed E-state index contributed by atoms with van der Waals surface area (Å²) in [5.74, 6) is 0. The van der Waals surface area contributed by atoms with Gasteiger partial charge in [0.25, 0.3) is 0 Å². The quantitative estimate of drug-likeness (QED) is 0.784. The fraction of sp³-hybridized carbons (Fsp3) is 0.100. The molecule has 0 saturated heterocycles. The number of rotatable bonds is 0. The van der Waals surface area contributed by atoms with E-state index in [0.29, 0.717) is 5.39 Å². The minimum Gasteiger partial charge on any atom is -0.359 e. The molecule has 4 heteroatoms. The second kappa shape index (κ2) is 3.41. The molecule has 0 atom stereocenters. The highest BCUT2D eigenvalue weighted by Gasteiger charge is 2.06. The van der Waals surface area contributed by atoms with Crippen molar-refractivity contribution in [1.29, 1.82) is 0 Å². The molecule has 0 aliphatic carbocycles. The van der Waals surface area contributed by atoms with Crippen LogP contribution in [0.3, 0.4) is 0 Å². The van der Waals surface area contributed by atoms with Crippen molar-refractivity contribution in [3.63, 3.8) is 0 Å². The monoisotopic (exact) mass is 271 g/mol. The number of hydrogen-bond donors (Lipinski definition) is 1. The van der Waals surface area contributed by atoms with Gasteiger partial charge >= 0.3 is 0 Å². The second-order valence-corrected chi connectivity index (χ2v) is 4.40. The topological polar surface area (TPSA) is 32.9 Å². The van der Waals surface area contributed by atoms with Gasteiger partial charge in [0.2, 0.25) is 5.43 Å². The van der Waals surface area contributed by atoms with Crippen LogP contribution in [0, 0.1) is 6.92 Å². The van der Waals surface area contributed by atoms with Crippen LogP contribution in [0.5, 0.6) is 0 Å². The van der Waals surface area contributed by atoms with E-state index >= 15 is 0 Å². The van der Waals surface area contributed by atoms with Crippen LogP contribution in [-0.4, -0.2) is 4.98 Å². The van der Waals surface area contributed by atoms with Crippen LogP contribution in [0.25, 0.3) is 10.9 Å². The van der Waals surface area contributed by atoms with E-state index in [4.69, 9.17) is 11.6 Å². The molecule has 0 unspecified atom stereocenters. The minimum absolute atomic E-state index is 0.134. The van der Waals surface area contributed by atoms with Gasteiger partial charge in [-0.3, -0.25) is 4.79 Å². The molecule has 2 rings (SSSR count). The number of pyridine rings is 1. The van der Waals surface area contributed by atoms with E-state index in [0.717, 1.165) is 15.6 Å². The average Bonchev–Trinajstić information content (AvgIpc) is 2.12. The Kier molecular flexibility index (Phi) is 2.37. The maximum absolute atomic E-state index is 11.7. The van der Waals surface area contributed by atoms with Gasteiger partial charge in [-0.15, -0.1) is 0 Å². The minimum atomic E-state index is -0.134. The lowest BCUT2D eigenvalue weighted by molar-refractivity contribution is 1.36. The van der Waals surface area contributed by atoms with Crippen molar-refractivity contribution in [2.75, 3.05) is 0 Å². The van der Waals surface area contributed by atoms with E-state index in [1.54, 1.807) is 0 Å². The Hall–Kier alpha value is -0.800. The molecule has 1 aromatic heterocycles. The first kappa shape index (κ1) is 9.74. The van der Waals surface area contributed by atoms with Crippen molar-refractivity contribution in [2.45, 2.75) is 6.92 Å². The van der Waals surface area contributed by atoms with Crippen LogP contribution in [0.1, 0.15) is 5.56 Å². The van der Waals surface area contributed by atoms with Crippen LogP contribution >= 0.6 is 27.5 Å². The largest absolute Gasteiger partial charge is 0.359 e. The maximum atomic E-state index is 11.7. The smallest absolute Gasteiger partial charge is 0.207 e. The lowest BCUT2D eigenvalue weighted by atomic mass is 10.1. The highest BCUT2D eigenvalue weighted by Crippen LogP contribution is 2.22. The molecule has 0 bridgehead atoms. The van der Waals surface area contributed by atoms with Gasteiger partial charge in [-0.25, -0.2) is 0 Å². The summed E-state index contributed by atoms with van der Waals surface area (Å²) in [5.41, 5.74) is 1.67. The number of halogens is 2. The molecule has 1 N–H and O–H groups in total. The van der Waals surface area contributed by atoms with Crippen molar-refractivity contribution in [3.05, 3.63) is 43.6 Å². The molecule has 0 aliphatic rings. The van der Waals surface area contributed by atoms with Crippen molar-refractivity contribution >= 4 is 38.4 Å². The molecule has 0 spiro atoms. The summed E-state index contributed by atoms with van der Waals surface area (Å²) < 4.78 is 0.876. The zero-order valence-electron chi connectivity index (χ0n) is 7.40. The summed E-state index contributed by atoms with van der Waals surface area (Å²) in [7, 11) is 0. The molecule has 0 fully saturated rings. The van der Waals surface area contributed by atoms with E-state index in [2.05, 4.69) is 20.9 Å². The highest BCUT2D eigenvalue weighted by atomic mass is 79.9. The predicted molar refractivity (Wildman–Crippen MR) is 62.0 cm³/mol. The maximum Gasteiger partial charge on any atom is 0.207 e. The Bertz CT molecular complexity index is 562. The van der Waals surface area contributed by atoms with Crippen LogP contribution in [0.2, 0.25) is 5.02 Å². The molecule has 72 valence electrons. The van der Waals surface area contributed by atoms with Gasteiger partial charge in [0.05, 0.1) is 5.52 Å². The summed E-state index contributed by atoms with van der Waals surface area (Å²) in [6, 6.07) is 3.77. The molecule has 0 radical (unpaired) electrons. The summed E-state index contributed by atoms with van der Waals surface area (Å²) in [6.07, 6.45) is 1.51. The fourth-order valence-electron chi connectivity index (χ4n) is 1.40. The molecule has 1 heterocycles. The number of nitrogens with one attached hydrogen (secondary N) is 1. The Labute approximate surface area is 94.0 Å². The number of H-pyrrole nitrogens is 1. The van der Waals surface area contributed by atoms with E-state index in [-0.39, 0.29) is 10.5 Å². The van der Waals surface area contributed by atoms with Crippen LogP contribution in [0.4, 0.5) is 0 Å². The average molecular weight is 273 g/mol. The summed E-state index contributed by atoms with van der Waals surface area (Å²) in [5, 5.41) is 0.833. The number of fused-ring (bicyclic) bond motifs is 1. The highest BCUT2D eigenvalue weighted by molar-refractivity contribution is 9.10. The molecule has 0 amide bonds. The third kappa shape index (κ3) is 1.47. The van der Waals surface area contributed by atoms with E-state index in [1.165, 1.54) is 6.20 Å². The first-order valence-corrected chi connectivity index (χ1v) is 5.24. The van der Waals surface area contributed by atoms with E-state index in [9.17, 15) is 4.79 Å². The summed E-state index contributed by atoms with van der Waals surface area (Å²) in [6.45, 7) is 1.94. The van der Waals surface area contributed by atoms with E-state index < -0.39 is 0 Å². The zero-order chi connectivity index (χ0) is 10.3. The van der Waals surface area contributed by atoms with Crippen molar-refractivity contribution in [3.8, 4) is 0 Å². The standard InChI is InChI=1S/C10H7BrClNO/c1-5-2-6-9(7(11)3-5)13-4-8(12)10(6)14/h2-4H,1H3,(H,13,14). The van der Waals surface area contributed by atoms with Gasteiger partial charge in [0, 0.05) is 16.1 Å². The lowest BCUT2D eigenvalue weighted by Crippen LogP contribution is -2.03. The molecule has 2 aromatic rings. The van der Waals surface area contributed by atoms with Gasteiger partial charge in [0.1, 0.15) is 5.02 Å². The SMILES string of the molecule is Cc1cc(Br)c2[nH]cc(Cl)c(=O)c2c1. The fourth-order valence-corrected chi connectivity index (χ4v) is 2.24. The third-order valence-electron chi connectivity index (χ3n) is 2.04. The van der Waals surface area contributed by atoms with Crippen LogP contribution < -0.4 is 5.43 Å². The van der Waals surface area contributed by atoms with Gasteiger partial charge < -0.3 is 4.98 Å². The first-order chi connectivity index (χ1) is 6.59. The normalized spacial score (nSPS) is 10.8. The Morgan fingerprint density at radius 2 is 2.14 bits per heavy atom. The number of hydrogen-bond acceptors (Lipinski definition) is 1. The molecular weight excluding hydrogens is 265 g/mol. The summed E-state index contributed by atoms with van der Waals surface area (Å²) >= 11 is 9.13. The second-order valence-electron chi connectivity index (χ2n) is 3.14. The van der Waals surface area contributed by atoms with E-state index in [1.807, 2.05) is 19.1 Å². The van der Waals surface area contributed by atoms with Crippen molar-refractivity contribution in [2.24, 2.45) is 0 Å². The Balaban J connectivity index is 3.03. The number of benzene rings is 1. The van der Waals surface area contributed by atoms with Crippen LogP contribution in [0.15, 0.2) is 27.6 Å². The molecule has 0 aliphatic heterocycles. The van der Waals surface area contributed by atoms with Gasteiger partial charge in [-0.1, -0.05) is 11.6 Å². The molecule has 0 saturated carbocycles. The molecular formula is C10H7BrClNO. The van der Waals surface area contributed by atoms with Gasteiger partial charge in [-0.05, 0) is 40.5 Å². The molecule has 2 nitrogen and oxygen atoms in total. The van der Waals surface area contributed by atoms with Crippen LogP contribution in [-0.2, 0) is 0 Å². The Morgan fingerprint density at radius 3 is 2.86 bits per heavy atom. The first-order valence-electron chi connectivity index (χ1n) is 4.06. The van der Waals surface area contributed by atoms with Gasteiger partial charge in [0.15, 0.2) is 0 Å². The Morgan fingerprint density at radius 1 is 1.43 bits per heavy atom. The molecule has 1 aromatic carbocycles.